The predicted molar refractivity (Wildman–Crippen MR) is 114 cm³/mol. The lowest BCUT2D eigenvalue weighted by atomic mass is 9.92. The van der Waals surface area contributed by atoms with Crippen LogP contribution in [0, 0.1) is 6.92 Å². The molecule has 0 fully saturated rings. The second kappa shape index (κ2) is 9.88. The number of hydrogen-bond acceptors (Lipinski definition) is 3. The molecule has 1 aromatic heterocycles. The maximum Gasteiger partial charge on any atom is 0.191 e. The minimum Gasteiger partial charge on any atom is -0.356 e. The summed E-state index contributed by atoms with van der Waals surface area (Å²) in [5.41, 5.74) is 5.64. The highest BCUT2D eigenvalue weighted by atomic mass is 32.1. The molecule has 4 nitrogen and oxygen atoms in total. The van der Waals surface area contributed by atoms with Crippen molar-refractivity contribution in [3.63, 3.8) is 0 Å². The van der Waals surface area contributed by atoms with Crippen LogP contribution in [-0.2, 0) is 13.0 Å². The van der Waals surface area contributed by atoms with E-state index in [0.717, 1.165) is 31.2 Å². The summed E-state index contributed by atoms with van der Waals surface area (Å²) in [5.74, 6) is 1.19. The number of thiazole rings is 1. The molecule has 0 saturated carbocycles. The number of aromatic nitrogens is 1. The molecule has 0 saturated heterocycles. The summed E-state index contributed by atoms with van der Waals surface area (Å²) in [4.78, 5) is 9.91. The molecule has 1 atom stereocenters. The van der Waals surface area contributed by atoms with Gasteiger partial charge in [0.2, 0.25) is 0 Å². The van der Waals surface area contributed by atoms with E-state index in [4.69, 9.17) is 0 Å². The summed E-state index contributed by atoms with van der Waals surface area (Å²) in [6, 6.07) is 21.3. The van der Waals surface area contributed by atoms with Crippen LogP contribution in [0.15, 0.2) is 71.2 Å². The Morgan fingerprint density at radius 2 is 1.74 bits per heavy atom. The van der Waals surface area contributed by atoms with Gasteiger partial charge in [0.1, 0.15) is 0 Å². The van der Waals surface area contributed by atoms with Gasteiger partial charge in [-0.05, 0) is 24.5 Å². The number of nitrogens with zero attached hydrogens (tertiary/aromatic N) is 2. The third-order valence-corrected chi connectivity index (χ3v) is 5.53. The van der Waals surface area contributed by atoms with E-state index in [9.17, 15) is 0 Å². The fourth-order valence-electron chi connectivity index (χ4n) is 3.03. The first-order valence-corrected chi connectivity index (χ1v) is 10.1. The van der Waals surface area contributed by atoms with E-state index in [0.29, 0.717) is 5.92 Å². The third-order valence-electron chi connectivity index (χ3n) is 4.60. The molecular formula is C22H26N4S. The van der Waals surface area contributed by atoms with Gasteiger partial charge in [-0.1, -0.05) is 60.7 Å². The van der Waals surface area contributed by atoms with Crippen molar-refractivity contribution in [2.45, 2.75) is 25.8 Å². The zero-order valence-electron chi connectivity index (χ0n) is 15.9. The van der Waals surface area contributed by atoms with Crippen LogP contribution in [-0.4, -0.2) is 24.5 Å². The van der Waals surface area contributed by atoms with Gasteiger partial charge in [-0.3, -0.25) is 4.99 Å². The van der Waals surface area contributed by atoms with Crippen LogP contribution in [0.5, 0.6) is 0 Å². The zero-order valence-corrected chi connectivity index (χ0v) is 16.7. The first kappa shape index (κ1) is 19.1. The number of hydrogen-bond donors (Lipinski definition) is 2. The Hall–Kier alpha value is -2.66. The first-order chi connectivity index (χ1) is 13.3. The van der Waals surface area contributed by atoms with Gasteiger partial charge >= 0.3 is 0 Å². The SMILES string of the molecule is CN=C(NCc1scnc1C)NCC(Cc1ccccc1)c1ccccc1. The second-order valence-corrected chi connectivity index (χ2v) is 7.40. The van der Waals surface area contributed by atoms with E-state index in [2.05, 4.69) is 81.3 Å². The van der Waals surface area contributed by atoms with Crippen molar-refractivity contribution >= 4 is 17.3 Å². The Kier molecular flexibility index (Phi) is 6.99. The van der Waals surface area contributed by atoms with Gasteiger partial charge in [0, 0.05) is 24.4 Å². The van der Waals surface area contributed by atoms with Crippen molar-refractivity contribution in [3.05, 3.63) is 87.9 Å². The van der Waals surface area contributed by atoms with Crippen molar-refractivity contribution < 1.29 is 0 Å². The molecule has 0 amide bonds. The van der Waals surface area contributed by atoms with Crippen LogP contribution >= 0.6 is 11.3 Å². The smallest absolute Gasteiger partial charge is 0.191 e. The van der Waals surface area contributed by atoms with Crippen molar-refractivity contribution in [3.8, 4) is 0 Å². The number of aryl methyl sites for hydroxylation is 1. The van der Waals surface area contributed by atoms with E-state index >= 15 is 0 Å². The molecule has 3 rings (SSSR count). The second-order valence-electron chi connectivity index (χ2n) is 6.46. The van der Waals surface area contributed by atoms with Gasteiger partial charge in [0.25, 0.3) is 0 Å². The maximum atomic E-state index is 4.37. The lowest BCUT2D eigenvalue weighted by Crippen LogP contribution is -2.39. The Morgan fingerprint density at radius 1 is 1.04 bits per heavy atom. The minimum atomic E-state index is 0.372. The highest BCUT2D eigenvalue weighted by Crippen LogP contribution is 2.20. The van der Waals surface area contributed by atoms with E-state index in [1.54, 1.807) is 11.3 Å². The summed E-state index contributed by atoms with van der Waals surface area (Å²) in [5, 5.41) is 6.89. The molecule has 2 N–H and O–H groups in total. The average molecular weight is 379 g/mol. The summed E-state index contributed by atoms with van der Waals surface area (Å²) in [6.07, 6.45) is 0.989. The summed E-state index contributed by atoms with van der Waals surface area (Å²) < 4.78 is 0. The molecular weight excluding hydrogens is 352 g/mol. The quantitative estimate of drug-likeness (QED) is 0.480. The molecule has 0 aliphatic carbocycles. The lowest BCUT2D eigenvalue weighted by Gasteiger charge is -2.20. The Morgan fingerprint density at radius 3 is 2.37 bits per heavy atom. The van der Waals surface area contributed by atoms with Crippen molar-refractivity contribution in [2.24, 2.45) is 4.99 Å². The Bertz CT molecular complexity index is 843. The van der Waals surface area contributed by atoms with Crippen LogP contribution < -0.4 is 10.6 Å². The van der Waals surface area contributed by atoms with Gasteiger partial charge in [-0.25, -0.2) is 4.98 Å². The van der Waals surface area contributed by atoms with Crippen molar-refractivity contribution in [2.75, 3.05) is 13.6 Å². The molecule has 0 radical (unpaired) electrons. The molecule has 3 aromatic rings. The molecule has 1 heterocycles. The number of guanidine groups is 1. The molecule has 2 aromatic carbocycles. The fourth-order valence-corrected chi connectivity index (χ4v) is 3.75. The number of nitrogens with one attached hydrogen (secondary N) is 2. The predicted octanol–water partition coefficient (Wildman–Crippen LogP) is 4.14. The standard InChI is InChI=1S/C22H26N4S/c1-17-21(27-16-26-17)15-25-22(23-2)24-14-20(19-11-7-4-8-12-19)13-18-9-5-3-6-10-18/h3-12,16,20H,13-15H2,1-2H3,(H2,23,24,25). The van der Waals surface area contributed by atoms with Crippen LogP contribution in [0.1, 0.15) is 27.6 Å². The molecule has 0 bridgehead atoms. The van der Waals surface area contributed by atoms with Crippen LogP contribution in [0.3, 0.4) is 0 Å². The average Bonchev–Trinajstić information content (AvgIpc) is 3.13. The van der Waals surface area contributed by atoms with Crippen LogP contribution in [0.4, 0.5) is 0 Å². The third kappa shape index (κ3) is 5.66. The van der Waals surface area contributed by atoms with E-state index in [1.807, 2.05) is 19.5 Å². The maximum absolute atomic E-state index is 4.37. The monoisotopic (exact) mass is 378 g/mol. The number of benzene rings is 2. The molecule has 140 valence electrons. The van der Waals surface area contributed by atoms with E-state index in [1.165, 1.54) is 16.0 Å². The van der Waals surface area contributed by atoms with Crippen LogP contribution in [0.25, 0.3) is 0 Å². The molecule has 1 unspecified atom stereocenters. The van der Waals surface area contributed by atoms with Gasteiger partial charge in [-0.2, -0.15) is 0 Å². The van der Waals surface area contributed by atoms with Crippen LogP contribution in [0.2, 0.25) is 0 Å². The largest absolute Gasteiger partial charge is 0.356 e. The Balaban J connectivity index is 1.63. The van der Waals surface area contributed by atoms with Gasteiger partial charge in [0.15, 0.2) is 5.96 Å². The van der Waals surface area contributed by atoms with Gasteiger partial charge < -0.3 is 10.6 Å². The molecule has 0 aliphatic heterocycles. The summed E-state index contributed by atoms with van der Waals surface area (Å²) in [6.45, 7) is 3.60. The van der Waals surface area contributed by atoms with Gasteiger partial charge in [-0.15, -0.1) is 11.3 Å². The summed E-state index contributed by atoms with van der Waals surface area (Å²) in [7, 11) is 1.81. The van der Waals surface area contributed by atoms with Crippen molar-refractivity contribution in [1.29, 1.82) is 0 Å². The highest BCUT2D eigenvalue weighted by Gasteiger charge is 2.13. The molecule has 27 heavy (non-hydrogen) atoms. The molecule has 5 heteroatoms. The van der Waals surface area contributed by atoms with E-state index < -0.39 is 0 Å². The number of rotatable bonds is 7. The number of aliphatic imine (C=N–C) groups is 1. The first-order valence-electron chi connectivity index (χ1n) is 9.18. The van der Waals surface area contributed by atoms with Crippen molar-refractivity contribution in [1.82, 2.24) is 15.6 Å². The minimum absolute atomic E-state index is 0.372. The normalized spacial score (nSPS) is 12.6. The Labute approximate surface area is 165 Å². The van der Waals surface area contributed by atoms with E-state index in [-0.39, 0.29) is 0 Å². The zero-order chi connectivity index (χ0) is 18.9. The molecule has 0 spiro atoms. The molecule has 0 aliphatic rings. The van der Waals surface area contributed by atoms with Gasteiger partial charge in [0.05, 0.1) is 17.7 Å². The topological polar surface area (TPSA) is 49.3 Å². The summed E-state index contributed by atoms with van der Waals surface area (Å²) >= 11 is 1.67. The fraction of sp³-hybridized carbons (Fsp3) is 0.273. The highest BCUT2D eigenvalue weighted by molar-refractivity contribution is 7.09. The lowest BCUT2D eigenvalue weighted by molar-refractivity contribution is 0.645.